The van der Waals surface area contributed by atoms with Crippen LogP contribution in [0.2, 0.25) is 5.02 Å². The van der Waals surface area contributed by atoms with Crippen LogP contribution in [0.4, 0.5) is 5.69 Å². The van der Waals surface area contributed by atoms with Gasteiger partial charge in [-0.15, -0.1) is 0 Å². The van der Waals surface area contributed by atoms with Gasteiger partial charge in [0.2, 0.25) is 10.0 Å². The van der Waals surface area contributed by atoms with Gasteiger partial charge in [-0.2, -0.15) is 0 Å². The molecule has 1 aromatic rings. The van der Waals surface area contributed by atoms with Gasteiger partial charge in [0.15, 0.2) is 0 Å². The van der Waals surface area contributed by atoms with Crippen molar-refractivity contribution in [3.8, 4) is 0 Å². The first kappa shape index (κ1) is 15.8. The third-order valence-electron chi connectivity index (χ3n) is 2.66. The average Bonchev–Trinajstić information content (AvgIpc) is 2.31. The van der Waals surface area contributed by atoms with Crippen LogP contribution in [-0.2, 0) is 19.6 Å². The second kappa shape index (κ2) is 5.79. The fourth-order valence-corrected chi connectivity index (χ4v) is 3.02. The SMILES string of the molecule is COC(=O)[C@H](C)N(c1ccc(C)c(Cl)c1)S(C)(=O)=O. The van der Waals surface area contributed by atoms with Crippen molar-refractivity contribution in [2.45, 2.75) is 19.9 Å². The first-order valence-corrected chi connectivity index (χ1v) is 7.74. The molecule has 0 radical (unpaired) electrons. The maximum Gasteiger partial charge on any atom is 0.329 e. The molecule has 0 heterocycles. The van der Waals surface area contributed by atoms with Crippen LogP contribution in [0.1, 0.15) is 12.5 Å². The lowest BCUT2D eigenvalue weighted by molar-refractivity contribution is -0.141. The summed E-state index contributed by atoms with van der Waals surface area (Å²) in [4.78, 5) is 11.6. The molecule has 5 nitrogen and oxygen atoms in total. The van der Waals surface area contributed by atoms with Gasteiger partial charge in [0.1, 0.15) is 6.04 Å². The van der Waals surface area contributed by atoms with Crippen molar-refractivity contribution in [3.63, 3.8) is 0 Å². The lowest BCUT2D eigenvalue weighted by atomic mass is 10.2. The quantitative estimate of drug-likeness (QED) is 0.798. The smallest absolute Gasteiger partial charge is 0.329 e. The number of nitrogens with zero attached hydrogens (tertiary/aromatic N) is 1. The van der Waals surface area contributed by atoms with E-state index in [2.05, 4.69) is 4.74 Å². The lowest BCUT2D eigenvalue weighted by Gasteiger charge is -2.27. The van der Waals surface area contributed by atoms with E-state index in [0.717, 1.165) is 16.1 Å². The zero-order valence-electron chi connectivity index (χ0n) is 11.2. The number of rotatable bonds is 4. The number of aryl methyl sites for hydroxylation is 1. The summed E-state index contributed by atoms with van der Waals surface area (Å²) < 4.78 is 29.3. The second-order valence-corrected chi connectivity index (χ2v) is 6.46. The average molecular weight is 306 g/mol. The third-order valence-corrected chi connectivity index (χ3v) is 4.31. The molecule has 0 saturated heterocycles. The van der Waals surface area contributed by atoms with Crippen molar-refractivity contribution in [1.82, 2.24) is 0 Å². The fraction of sp³-hybridized carbons (Fsp3) is 0.417. The van der Waals surface area contributed by atoms with Gasteiger partial charge in [-0.25, -0.2) is 13.2 Å². The van der Waals surface area contributed by atoms with E-state index in [1.54, 1.807) is 19.1 Å². The van der Waals surface area contributed by atoms with E-state index < -0.39 is 22.0 Å². The molecular weight excluding hydrogens is 290 g/mol. The number of esters is 1. The minimum atomic E-state index is -3.63. The zero-order valence-corrected chi connectivity index (χ0v) is 12.7. The number of benzene rings is 1. The molecule has 0 aliphatic rings. The summed E-state index contributed by atoms with van der Waals surface area (Å²) in [5.74, 6) is -0.637. The Morgan fingerprint density at radius 2 is 2.00 bits per heavy atom. The number of carbonyl (C=O) groups excluding carboxylic acids is 1. The van der Waals surface area contributed by atoms with E-state index in [9.17, 15) is 13.2 Å². The molecule has 1 aromatic carbocycles. The molecular formula is C12H16ClNO4S. The Balaban J connectivity index is 3.33. The molecule has 0 unspecified atom stereocenters. The molecule has 1 rings (SSSR count). The van der Waals surface area contributed by atoms with Gasteiger partial charge < -0.3 is 4.74 Å². The Bertz CT molecular complexity index is 585. The van der Waals surface area contributed by atoms with Gasteiger partial charge in [-0.05, 0) is 31.5 Å². The van der Waals surface area contributed by atoms with Crippen LogP contribution in [0.3, 0.4) is 0 Å². The number of hydrogen-bond donors (Lipinski definition) is 0. The van der Waals surface area contributed by atoms with Crippen LogP contribution in [-0.4, -0.2) is 33.8 Å². The van der Waals surface area contributed by atoms with Gasteiger partial charge >= 0.3 is 5.97 Å². The van der Waals surface area contributed by atoms with Crippen molar-refractivity contribution in [2.75, 3.05) is 17.7 Å². The minimum Gasteiger partial charge on any atom is -0.467 e. The van der Waals surface area contributed by atoms with Crippen LogP contribution in [0.5, 0.6) is 0 Å². The van der Waals surface area contributed by atoms with Crippen LogP contribution in [0.15, 0.2) is 18.2 Å². The predicted octanol–water partition coefficient (Wildman–Crippen LogP) is 1.98. The lowest BCUT2D eigenvalue weighted by Crippen LogP contribution is -2.43. The molecule has 7 heteroatoms. The molecule has 0 aliphatic heterocycles. The number of hydrogen-bond acceptors (Lipinski definition) is 4. The summed E-state index contributed by atoms with van der Waals surface area (Å²) in [6, 6.07) is 3.85. The molecule has 0 spiro atoms. The molecule has 0 saturated carbocycles. The molecule has 0 N–H and O–H groups in total. The highest BCUT2D eigenvalue weighted by Gasteiger charge is 2.29. The predicted molar refractivity (Wildman–Crippen MR) is 75.0 cm³/mol. The van der Waals surface area contributed by atoms with E-state index in [1.165, 1.54) is 20.1 Å². The third kappa shape index (κ3) is 3.61. The van der Waals surface area contributed by atoms with Crippen molar-refractivity contribution in [2.24, 2.45) is 0 Å². The number of sulfonamides is 1. The first-order valence-electron chi connectivity index (χ1n) is 5.52. The zero-order chi connectivity index (χ0) is 14.8. The Morgan fingerprint density at radius 3 is 2.42 bits per heavy atom. The summed E-state index contributed by atoms with van der Waals surface area (Å²) in [5.41, 5.74) is 1.15. The number of halogens is 1. The van der Waals surface area contributed by atoms with Gasteiger partial charge in [0.05, 0.1) is 19.1 Å². The Hall–Kier alpha value is -1.27. The van der Waals surface area contributed by atoms with E-state index in [-0.39, 0.29) is 0 Å². The molecule has 0 amide bonds. The summed E-state index contributed by atoms with van der Waals surface area (Å²) in [6.07, 6.45) is 1.03. The van der Waals surface area contributed by atoms with Crippen molar-refractivity contribution in [3.05, 3.63) is 28.8 Å². The number of anilines is 1. The van der Waals surface area contributed by atoms with Crippen LogP contribution < -0.4 is 4.31 Å². The molecule has 106 valence electrons. The van der Waals surface area contributed by atoms with E-state index >= 15 is 0 Å². The maximum atomic E-state index is 11.9. The standard InChI is InChI=1S/C12H16ClNO4S/c1-8-5-6-10(7-11(8)13)14(19(4,16)17)9(2)12(15)18-3/h5-7,9H,1-4H3/t9-/m0/s1. The van der Waals surface area contributed by atoms with E-state index in [1.807, 2.05) is 0 Å². The van der Waals surface area contributed by atoms with Gasteiger partial charge in [0.25, 0.3) is 0 Å². The summed E-state index contributed by atoms with van der Waals surface area (Å²) in [5, 5.41) is 0.434. The summed E-state index contributed by atoms with van der Waals surface area (Å²) >= 11 is 5.99. The van der Waals surface area contributed by atoms with Crippen LogP contribution in [0.25, 0.3) is 0 Å². The molecule has 1 atom stereocenters. The number of carbonyl (C=O) groups is 1. The van der Waals surface area contributed by atoms with Gasteiger partial charge in [-0.1, -0.05) is 17.7 Å². The number of ether oxygens (including phenoxy) is 1. The van der Waals surface area contributed by atoms with Gasteiger partial charge in [-0.3, -0.25) is 4.31 Å². The summed E-state index contributed by atoms with van der Waals surface area (Å²) in [7, 11) is -2.42. The topological polar surface area (TPSA) is 63.7 Å². The first-order chi connectivity index (χ1) is 8.68. The Labute approximate surface area is 118 Å². The molecule has 0 bridgehead atoms. The van der Waals surface area contributed by atoms with Crippen molar-refractivity contribution < 1.29 is 17.9 Å². The normalized spacial score (nSPS) is 12.9. The fourth-order valence-electron chi connectivity index (χ4n) is 1.69. The second-order valence-electron chi connectivity index (χ2n) is 4.19. The Kier molecular flexibility index (Phi) is 4.81. The molecule has 0 fully saturated rings. The van der Waals surface area contributed by atoms with Gasteiger partial charge in [0, 0.05) is 5.02 Å². The maximum absolute atomic E-state index is 11.9. The highest BCUT2D eigenvalue weighted by Crippen LogP contribution is 2.26. The van der Waals surface area contributed by atoms with Crippen molar-refractivity contribution >= 4 is 33.3 Å². The highest BCUT2D eigenvalue weighted by molar-refractivity contribution is 7.92. The monoisotopic (exact) mass is 305 g/mol. The van der Waals surface area contributed by atoms with Crippen LogP contribution >= 0.6 is 11.6 Å². The minimum absolute atomic E-state index is 0.330. The largest absolute Gasteiger partial charge is 0.467 e. The molecule has 19 heavy (non-hydrogen) atoms. The van der Waals surface area contributed by atoms with Crippen LogP contribution in [0, 0.1) is 6.92 Å². The molecule has 0 aromatic heterocycles. The van der Waals surface area contributed by atoms with E-state index in [4.69, 9.17) is 11.6 Å². The van der Waals surface area contributed by atoms with Crippen molar-refractivity contribution in [1.29, 1.82) is 0 Å². The molecule has 0 aliphatic carbocycles. The van der Waals surface area contributed by atoms with E-state index in [0.29, 0.717) is 10.7 Å². The number of methoxy groups -OCH3 is 1. The highest BCUT2D eigenvalue weighted by atomic mass is 35.5. The summed E-state index contributed by atoms with van der Waals surface area (Å²) in [6.45, 7) is 3.27. The Morgan fingerprint density at radius 1 is 1.42 bits per heavy atom.